The van der Waals surface area contributed by atoms with Crippen LogP contribution in [0.25, 0.3) is 0 Å². The topological polar surface area (TPSA) is 78.9 Å². The second-order valence-corrected chi connectivity index (χ2v) is 2.01. The molecular formula is C3H2BrN3O2. The van der Waals surface area contributed by atoms with Gasteiger partial charge < -0.3 is 5.11 Å². The van der Waals surface area contributed by atoms with Gasteiger partial charge in [0, 0.05) is 0 Å². The van der Waals surface area contributed by atoms with Crippen LogP contribution in [0.15, 0.2) is 4.73 Å². The number of carbonyl (C=O) groups is 1. The van der Waals surface area contributed by atoms with Crippen LogP contribution in [0.1, 0.15) is 10.6 Å². The van der Waals surface area contributed by atoms with Crippen LogP contribution in [0, 0.1) is 0 Å². The zero-order chi connectivity index (χ0) is 6.85. The van der Waals surface area contributed by atoms with E-state index in [-0.39, 0.29) is 5.82 Å². The van der Waals surface area contributed by atoms with E-state index in [0.29, 0.717) is 4.73 Å². The lowest BCUT2D eigenvalue weighted by molar-refractivity contribution is 0.0684. The molecule has 9 heavy (non-hydrogen) atoms. The maximum atomic E-state index is 10.0. The molecule has 0 saturated carbocycles. The quantitative estimate of drug-likeness (QED) is 0.668. The fourth-order valence-corrected chi connectivity index (χ4v) is 0.594. The van der Waals surface area contributed by atoms with Crippen LogP contribution in [-0.2, 0) is 0 Å². The first-order valence-corrected chi connectivity index (χ1v) is 2.80. The molecule has 0 amide bonds. The van der Waals surface area contributed by atoms with Crippen molar-refractivity contribution >= 4 is 21.9 Å². The lowest BCUT2D eigenvalue weighted by atomic mass is 10.7. The molecule has 1 aromatic rings. The van der Waals surface area contributed by atoms with E-state index >= 15 is 0 Å². The average molecular weight is 192 g/mol. The van der Waals surface area contributed by atoms with Gasteiger partial charge in [-0.15, -0.1) is 5.10 Å². The van der Waals surface area contributed by atoms with Crippen molar-refractivity contribution in [1.82, 2.24) is 15.2 Å². The molecule has 0 aromatic carbocycles. The van der Waals surface area contributed by atoms with E-state index in [0.717, 1.165) is 0 Å². The molecule has 1 aromatic heterocycles. The average Bonchev–Trinajstić information content (AvgIpc) is 2.14. The lowest BCUT2D eigenvalue weighted by Crippen LogP contribution is -1.98. The summed E-state index contributed by atoms with van der Waals surface area (Å²) in [4.78, 5) is 13.5. The highest BCUT2D eigenvalue weighted by molar-refractivity contribution is 9.10. The van der Waals surface area contributed by atoms with Gasteiger partial charge in [-0.05, 0) is 15.9 Å². The second kappa shape index (κ2) is 2.14. The minimum absolute atomic E-state index is 0.234. The zero-order valence-corrected chi connectivity index (χ0v) is 5.71. The SMILES string of the molecule is O=C(O)c1n[nH]c(Br)n1. The molecule has 0 aliphatic carbocycles. The van der Waals surface area contributed by atoms with Crippen molar-refractivity contribution in [1.29, 1.82) is 0 Å². The van der Waals surface area contributed by atoms with Gasteiger partial charge in [-0.3, -0.25) is 5.10 Å². The van der Waals surface area contributed by atoms with Crippen LogP contribution < -0.4 is 0 Å². The summed E-state index contributed by atoms with van der Waals surface area (Å²) in [5.74, 6) is -1.38. The van der Waals surface area contributed by atoms with Crippen LogP contribution in [0.3, 0.4) is 0 Å². The fourth-order valence-electron chi connectivity index (χ4n) is 0.338. The van der Waals surface area contributed by atoms with Gasteiger partial charge in [-0.2, -0.15) is 4.98 Å². The number of nitrogens with one attached hydrogen (secondary N) is 1. The first kappa shape index (κ1) is 6.21. The number of rotatable bonds is 1. The molecule has 1 heterocycles. The van der Waals surface area contributed by atoms with Crippen molar-refractivity contribution in [3.05, 3.63) is 10.6 Å². The number of hydrogen-bond acceptors (Lipinski definition) is 3. The molecule has 0 aliphatic rings. The Hall–Kier alpha value is -0.910. The first-order chi connectivity index (χ1) is 4.20. The Bertz CT molecular complexity index is 233. The predicted molar refractivity (Wildman–Crippen MR) is 31.0 cm³/mol. The zero-order valence-electron chi connectivity index (χ0n) is 4.13. The Morgan fingerprint density at radius 3 is 2.67 bits per heavy atom. The van der Waals surface area contributed by atoms with Crippen molar-refractivity contribution in [3.63, 3.8) is 0 Å². The number of aromatic amines is 1. The molecule has 1 rings (SSSR count). The minimum atomic E-state index is -1.14. The number of nitrogens with zero attached hydrogens (tertiary/aromatic N) is 2. The highest BCUT2D eigenvalue weighted by Gasteiger charge is 2.07. The van der Waals surface area contributed by atoms with Gasteiger partial charge in [0.2, 0.25) is 0 Å². The van der Waals surface area contributed by atoms with E-state index in [1.165, 1.54) is 0 Å². The number of hydrogen-bond donors (Lipinski definition) is 2. The number of aromatic nitrogens is 3. The summed E-state index contributed by atoms with van der Waals surface area (Å²) < 4.78 is 0.319. The van der Waals surface area contributed by atoms with Crippen molar-refractivity contribution in [2.45, 2.75) is 0 Å². The summed E-state index contributed by atoms with van der Waals surface area (Å²) in [5, 5.41) is 13.9. The van der Waals surface area contributed by atoms with E-state index in [1.54, 1.807) is 0 Å². The van der Waals surface area contributed by atoms with E-state index < -0.39 is 5.97 Å². The van der Waals surface area contributed by atoms with E-state index in [9.17, 15) is 4.79 Å². The highest BCUT2D eigenvalue weighted by Crippen LogP contribution is 1.99. The van der Waals surface area contributed by atoms with Gasteiger partial charge in [-0.25, -0.2) is 4.79 Å². The highest BCUT2D eigenvalue weighted by atomic mass is 79.9. The van der Waals surface area contributed by atoms with Gasteiger partial charge >= 0.3 is 5.97 Å². The number of carboxylic acids is 1. The molecule has 0 unspecified atom stereocenters. The van der Waals surface area contributed by atoms with Crippen LogP contribution >= 0.6 is 15.9 Å². The number of aromatic carboxylic acids is 1. The summed E-state index contributed by atoms with van der Waals surface area (Å²) in [6, 6.07) is 0. The van der Waals surface area contributed by atoms with Gasteiger partial charge in [0.05, 0.1) is 0 Å². The standard InChI is InChI=1S/C3H2BrN3O2/c4-3-5-1(2(8)9)6-7-3/h(H,8,9)(H,5,6,7). The Morgan fingerprint density at radius 1 is 1.78 bits per heavy atom. The van der Waals surface area contributed by atoms with Gasteiger partial charge in [-0.1, -0.05) is 0 Å². The van der Waals surface area contributed by atoms with Crippen LogP contribution in [-0.4, -0.2) is 26.3 Å². The fraction of sp³-hybridized carbons (Fsp3) is 0. The van der Waals surface area contributed by atoms with E-state index in [4.69, 9.17) is 5.11 Å². The van der Waals surface area contributed by atoms with Crippen LogP contribution in [0.2, 0.25) is 0 Å². The summed E-state index contributed by atoms with van der Waals surface area (Å²) in [7, 11) is 0. The summed E-state index contributed by atoms with van der Waals surface area (Å²) in [6.45, 7) is 0. The molecule has 0 saturated heterocycles. The Morgan fingerprint density at radius 2 is 2.44 bits per heavy atom. The molecule has 5 nitrogen and oxygen atoms in total. The molecule has 0 radical (unpaired) electrons. The maximum Gasteiger partial charge on any atom is 0.375 e. The summed E-state index contributed by atoms with van der Waals surface area (Å²) in [5.41, 5.74) is 0. The van der Waals surface area contributed by atoms with Crippen molar-refractivity contribution in [2.75, 3.05) is 0 Å². The molecule has 6 heteroatoms. The number of carboxylic acid groups (broad SMARTS) is 1. The van der Waals surface area contributed by atoms with Crippen molar-refractivity contribution < 1.29 is 9.90 Å². The van der Waals surface area contributed by atoms with Gasteiger partial charge in [0.1, 0.15) is 0 Å². The first-order valence-electron chi connectivity index (χ1n) is 2.01. The van der Waals surface area contributed by atoms with Gasteiger partial charge in [0.25, 0.3) is 5.82 Å². The Balaban J connectivity index is 2.98. The molecular weight excluding hydrogens is 190 g/mol. The Kier molecular flexibility index (Phi) is 1.48. The third kappa shape index (κ3) is 1.26. The second-order valence-electron chi connectivity index (χ2n) is 1.25. The molecule has 48 valence electrons. The number of H-pyrrole nitrogens is 1. The van der Waals surface area contributed by atoms with Crippen LogP contribution in [0.5, 0.6) is 0 Å². The molecule has 0 bridgehead atoms. The summed E-state index contributed by atoms with van der Waals surface area (Å²) in [6.07, 6.45) is 0. The minimum Gasteiger partial charge on any atom is -0.475 e. The van der Waals surface area contributed by atoms with Crippen LogP contribution in [0.4, 0.5) is 0 Å². The number of halogens is 1. The largest absolute Gasteiger partial charge is 0.475 e. The molecule has 0 atom stereocenters. The molecule has 0 spiro atoms. The normalized spacial score (nSPS) is 9.44. The predicted octanol–water partition coefficient (Wildman–Crippen LogP) is 0.265. The smallest absolute Gasteiger partial charge is 0.375 e. The van der Waals surface area contributed by atoms with E-state index in [1.807, 2.05) is 0 Å². The maximum absolute atomic E-state index is 10.0. The van der Waals surface area contributed by atoms with E-state index in [2.05, 4.69) is 31.1 Å². The third-order valence-corrected chi connectivity index (χ3v) is 1.00. The lowest BCUT2D eigenvalue weighted by Gasteiger charge is -1.76. The molecule has 2 N–H and O–H groups in total. The monoisotopic (exact) mass is 191 g/mol. The van der Waals surface area contributed by atoms with Crippen molar-refractivity contribution in [2.24, 2.45) is 0 Å². The Labute approximate surface area is 58.2 Å². The third-order valence-electron chi connectivity index (χ3n) is 0.649. The molecule has 0 aliphatic heterocycles. The van der Waals surface area contributed by atoms with Crippen molar-refractivity contribution in [3.8, 4) is 0 Å². The molecule has 0 fully saturated rings. The van der Waals surface area contributed by atoms with Gasteiger partial charge in [0.15, 0.2) is 4.73 Å². The summed E-state index contributed by atoms with van der Waals surface area (Å²) >= 11 is 2.91.